The summed E-state index contributed by atoms with van der Waals surface area (Å²) in [7, 11) is 16.1. The molecule has 6 aromatic carbocycles. The number of aliphatic hydroxyl groups is 4. The van der Waals surface area contributed by atoms with Crippen LogP contribution in [0, 0.1) is 34.9 Å². The van der Waals surface area contributed by atoms with Crippen LogP contribution in [0.2, 0.25) is 0 Å². The Balaban J connectivity index is 0.000000355. The summed E-state index contributed by atoms with van der Waals surface area (Å²) in [6.07, 6.45) is 0. The minimum atomic E-state index is -1.75. The fraction of sp³-hybridized carbons (Fsp3) is 0.333. The topological polar surface area (TPSA) is 192 Å². The first-order valence-electron chi connectivity index (χ1n) is 22.8. The van der Waals surface area contributed by atoms with E-state index in [0.717, 1.165) is 0 Å². The van der Waals surface area contributed by atoms with E-state index in [1.807, 2.05) is 13.8 Å². The lowest BCUT2D eigenvalue weighted by molar-refractivity contribution is 0.273. The predicted octanol–water partition coefficient (Wildman–Crippen LogP) is 11.5. The van der Waals surface area contributed by atoms with Crippen LogP contribution in [0.25, 0.3) is 44.5 Å². The Labute approximate surface area is 463 Å². The molecule has 0 heterocycles. The Kier molecular flexibility index (Phi) is 23.1. The molecule has 426 valence electrons. The maximum Gasteiger partial charge on any atom is 0.205 e. The van der Waals surface area contributed by atoms with Crippen molar-refractivity contribution in [2.75, 3.05) is 85.3 Å². The van der Waals surface area contributed by atoms with Gasteiger partial charge in [-0.15, -0.1) is 0 Å². The third kappa shape index (κ3) is 11.3. The molecule has 0 bridgehead atoms. The normalized spacial score (nSPS) is 10.6. The van der Waals surface area contributed by atoms with Crippen molar-refractivity contribution < 1.29 is 104 Å². The molecule has 0 aromatic heterocycles. The summed E-state index contributed by atoms with van der Waals surface area (Å²) in [6, 6.07) is 2.66. The number of hydrogen-bond acceptors (Lipinski definition) is 16. The predicted molar refractivity (Wildman–Crippen MR) is 283 cm³/mol. The molecule has 0 radical (unpaired) electrons. The summed E-state index contributed by atoms with van der Waals surface area (Å²) in [5.74, 6) is -8.92. The van der Waals surface area contributed by atoms with Crippen molar-refractivity contribution >= 4 is 31.9 Å². The Hall–Kier alpha value is -6.70. The van der Waals surface area contributed by atoms with Crippen molar-refractivity contribution in [3.63, 3.8) is 0 Å². The van der Waals surface area contributed by atoms with Crippen molar-refractivity contribution in [1.29, 1.82) is 0 Å². The lowest BCUT2D eigenvalue weighted by atomic mass is 9.84. The average Bonchev–Trinajstić information content (AvgIpc) is 3.60. The highest BCUT2D eigenvalue weighted by molar-refractivity contribution is 9.11. The van der Waals surface area contributed by atoms with E-state index in [0.29, 0.717) is 78.5 Å². The van der Waals surface area contributed by atoms with Crippen LogP contribution in [0.1, 0.15) is 36.1 Å². The molecule has 0 amide bonds. The fourth-order valence-electron chi connectivity index (χ4n) is 8.81. The molecule has 0 aliphatic carbocycles. The van der Waals surface area contributed by atoms with Crippen molar-refractivity contribution in [2.24, 2.45) is 0 Å². The molecule has 78 heavy (non-hydrogen) atoms. The van der Waals surface area contributed by atoms with Crippen LogP contribution in [0.5, 0.6) is 69.0 Å². The van der Waals surface area contributed by atoms with Gasteiger partial charge in [0.15, 0.2) is 80.9 Å². The second kappa shape index (κ2) is 28.3. The van der Waals surface area contributed by atoms with E-state index in [1.54, 1.807) is 0 Å². The molecule has 24 heteroatoms. The van der Waals surface area contributed by atoms with Gasteiger partial charge >= 0.3 is 0 Å². The van der Waals surface area contributed by atoms with Gasteiger partial charge < -0.3 is 77.3 Å². The van der Waals surface area contributed by atoms with E-state index >= 15 is 0 Å². The highest BCUT2D eigenvalue weighted by atomic mass is 79.9. The Morgan fingerprint density at radius 2 is 0.474 bits per heavy atom. The van der Waals surface area contributed by atoms with Crippen molar-refractivity contribution in [3.05, 3.63) is 90.4 Å². The number of halogens is 8. The molecule has 16 nitrogen and oxygen atoms in total. The van der Waals surface area contributed by atoms with Gasteiger partial charge in [-0.05, 0) is 67.3 Å². The Bertz CT molecular complexity index is 2890. The van der Waals surface area contributed by atoms with Crippen LogP contribution in [-0.2, 0) is 26.4 Å². The third-order valence-corrected chi connectivity index (χ3v) is 13.6. The van der Waals surface area contributed by atoms with E-state index in [9.17, 15) is 46.8 Å². The van der Waals surface area contributed by atoms with Crippen molar-refractivity contribution in [3.8, 4) is 114 Å². The fourth-order valence-corrected chi connectivity index (χ4v) is 10.1. The Morgan fingerprint density at radius 1 is 0.295 bits per heavy atom. The zero-order valence-corrected chi connectivity index (χ0v) is 48.0. The van der Waals surface area contributed by atoms with Gasteiger partial charge in [0.25, 0.3) is 0 Å². The molecule has 0 saturated heterocycles. The van der Waals surface area contributed by atoms with Crippen LogP contribution in [0.3, 0.4) is 0 Å². The molecule has 0 aliphatic heterocycles. The van der Waals surface area contributed by atoms with E-state index < -0.39 is 48.1 Å². The van der Waals surface area contributed by atoms with Crippen LogP contribution in [0.4, 0.5) is 26.3 Å². The maximum absolute atomic E-state index is 14.6. The molecular formula is C54H58Br2F6O16. The molecule has 0 aliphatic rings. The highest BCUT2D eigenvalue weighted by Gasteiger charge is 2.37. The van der Waals surface area contributed by atoms with Gasteiger partial charge in [0.1, 0.15) is 0 Å². The summed E-state index contributed by atoms with van der Waals surface area (Å²) in [5.41, 5.74) is 0.202. The number of rotatable bonds is 20. The number of aliphatic hydroxyl groups excluding tert-OH is 4. The van der Waals surface area contributed by atoms with Gasteiger partial charge in [0.2, 0.25) is 23.0 Å². The molecule has 6 rings (SSSR count). The zero-order valence-electron chi connectivity index (χ0n) is 44.8. The van der Waals surface area contributed by atoms with Crippen LogP contribution >= 0.6 is 31.9 Å². The molecule has 0 unspecified atom stereocenters. The summed E-state index contributed by atoms with van der Waals surface area (Å²) in [4.78, 5) is 0. The quantitative estimate of drug-likeness (QED) is 0.0416. The largest absolute Gasteiger partial charge is 0.492 e. The summed E-state index contributed by atoms with van der Waals surface area (Å²) in [6.45, 7) is 1.46. The number of hydrogen-bond donors (Lipinski definition) is 4. The van der Waals surface area contributed by atoms with Crippen LogP contribution < -0.4 is 56.8 Å². The molecule has 0 saturated carbocycles. The first-order chi connectivity index (χ1) is 37.4. The average molecular weight is 1240 g/mol. The molecule has 0 spiro atoms. The van der Waals surface area contributed by atoms with Crippen molar-refractivity contribution in [2.45, 2.75) is 40.3 Å². The maximum atomic E-state index is 14.6. The number of ether oxygens (including phenoxy) is 12. The van der Waals surface area contributed by atoms with Gasteiger partial charge in [0.05, 0.1) is 121 Å². The van der Waals surface area contributed by atoms with Gasteiger partial charge in [-0.1, -0.05) is 13.8 Å². The van der Waals surface area contributed by atoms with Crippen molar-refractivity contribution in [1.82, 2.24) is 0 Å². The smallest absolute Gasteiger partial charge is 0.205 e. The Morgan fingerprint density at radius 3 is 0.667 bits per heavy atom. The minimum absolute atomic E-state index is 0.131. The molecule has 6 aromatic rings. The van der Waals surface area contributed by atoms with E-state index in [2.05, 4.69) is 31.9 Å². The molecule has 0 atom stereocenters. The second-order valence-electron chi connectivity index (χ2n) is 15.3. The standard InChI is InChI=1S/C32H28F6O8.C20H24Br2O8.C2H6/c1-41-27-21(13-7-17(33)25(37)18(34)8-13)15(11-39)23(29(43-3)31(27)45-5)24-16(12-40)22(14-9-19(35)26(38)20(36)10-14)28(42-2)32(46-6)30(24)44-4;1-25-15-11(9(7-23)13(21)17(27-3)19(15)29-5)12-10(8-24)14(22)18(28-4)20(30-6)16(12)26-2;1-2/h7-10,39-40H,11-12H2,1-6H3;23-24H,7-8H2,1-6H3;1-2H3. The zero-order chi connectivity index (χ0) is 58.6. The highest BCUT2D eigenvalue weighted by Crippen LogP contribution is 2.61. The number of methoxy groups -OCH3 is 12. The van der Waals surface area contributed by atoms with E-state index in [4.69, 9.17) is 56.8 Å². The summed E-state index contributed by atoms with van der Waals surface area (Å²) >= 11 is 6.98. The third-order valence-electron chi connectivity index (χ3n) is 11.9. The monoisotopic (exact) mass is 1230 g/mol. The van der Waals surface area contributed by atoms with Crippen LogP contribution in [-0.4, -0.2) is 106 Å². The SMILES string of the molecule is CC.COc1c(Br)c(CO)c(-c2c(CO)c(Br)c(OC)c(OC)c2OC)c(OC)c1OC.COc1c(OC)c(-c2cc(F)c(F)c(F)c2)c(CO)c(-c2c(CO)c(-c3cc(F)c(F)c(F)c3)c(OC)c(OC)c2OC)c1OC. The minimum Gasteiger partial charge on any atom is -0.492 e. The lowest BCUT2D eigenvalue weighted by Crippen LogP contribution is -2.10. The van der Waals surface area contributed by atoms with Gasteiger partial charge in [0, 0.05) is 55.6 Å². The van der Waals surface area contributed by atoms with E-state index in [-0.39, 0.29) is 104 Å². The lowest BCUT2D eigenvalue weighted by Gasteiger charge is -2.28. The first-order valence-corrected chi connectivity index (χ1v) is 24.4. The molecular weight excluding hydrogens is 1180 g/mol. The van der Waals surface area contributed by atoms with Gasteiger partial charge in [-0.2, -0.15) is 0 Å². The van der Waals surface area contributed by atoms with Gasteiger partial charge in [-0.25, -0.2) is 26.3 Å². The molecule has 0 fully saturated rings. The summed E-state index contributed by atoms with van der Waals surface area (Å²) < 4.78 is 154. The number of benzene rings is 6. The summed E-state index contributed by atoms with van der Waals surface area (Å²) in [5, 5.41) is 42.2. The first kappa shape index (κ1) is 63.8. The molecule has 4 N–H and O–H groups in total. The van der Waals surface area contributed by atoms with Gasteiger partial charge in [-0.3, -0.25) is 0 Å². The van der Waals surface area contributed by atoms with E-state index in [1.165, 1.54) is 85.3 Å². The van der Waals surface area contributed by atoms with Crippen LogP contribution in [0.15, 0.2) is 33.2 Å². The second-order valence-corrected chi connectivity index (χ2v) is 16.9.